The molecule has 0 aromatic rings. The number of hydrogen-bond donors (Lipinski definition) is 4. The number of carbonyl (C=O) groups excluding carboxylic acids is 6. The number of Topliss-reactive ketones (excluding diaryl/α,β-unsaturated/α-hetero) is 3. The summed E-state index contributed by atoms with van der Waals surface area (Å²) in [6.07, 6.45) is 9.42. The third-order valence-corrected chi connectivity index (χ3v) is 15.1. The zero-order valence-electron chi connectivity index (χ0n) is 43.5. The third kappa shape index (κ3) is 15.0. The SMILES string of the molecule is CO[C@@H]1C[C@H](C[C@@H](C)[C@@H]2CC(=O)[C@H](C)/C=C(\C)[C@@H](O)[C@@H](OC)C(=O)[C@H](C)C[C@H](C)/C=C/C=C/C=C(\C)[C@@H](N(O)C(=O)N(C)C)C[C@@H]3CC[C@@H](C)[C@@](O)(O3)C(=O)C(=O)N3CCCC[C@H]3C(=O)O2)CC[C@H]1O. The lowest BCUT2D eigenvalue weighted by Crippen LogP contribution is -2.61. The van der Waals surface area contributed by atoms with E-state index in [9.17, 15) is 49.3 Å². The summed E-state index contributed by atoms with van der Waals surface area (Å²) >= 11 is 0. The average Bonchev–Trinajstić information content (AvgIpc) is 3.32. The summed E-state index contributed by atoms with van der Waals surface area (Å²) in [7, 11) is 5.88. The molecule has 70 heavy (non-hydrogen) atoms. The molecule has 3 fully saturated rings. The summed E-state index contributed by atoms with van der Waals surface area (Å²) in [5, 5.41) is 45.9. The van der Waals surface area contributed by atoms with Crippen LogP contribution in [0.1, 0.15) is 126 Å². The lowest BCUT2D eigenvalue weighted by Gasteiger charge is -2.43. The largest absolute Gasteiger partial charge is 0.460 e. The van der Waals surface area contributed by atoms with Gasteiger partial charge in [-0.15, -0.1) is 0 Å². The molecule has 2 saturated heterocycles. The zero-order chi connectivity index (χ0) is 52.2. The van der Waals surface area contributed by atoms with Crippen molar-refractivity contribution in [3.63, 3.8) is 0 Å². The fourth-order valence-corrected chi connectivity index (χ4v) is 10.5. The number of aliphatic hydroxyl groups is 3. The van der Waals surface area contributed by atoms with Crippen molar-refractivity contribution in [2.75, 3.05) is 34.9 Å². The molecule has 3 amide bonds. The Morgan fingerprint density at radius 3 is 2.26 bits per heavy atom. The Labute approximate surface area is 415 Å². The molecule has 2 bridgehead atoms. The molecular formula is C53H83N3O14. The molecule has 0 spiro atoms. The number of rotatable bonds is 6. The van der Waals surface area contributed by atoms with Gasteiger partial charge in [-0.3, -0.25) is 24.4 Å². The number of amides is 3. The van der Waals surface area contributed by atoms with Crippen molar-refractivity contribution in [3.8, 4) is 0 Å². The van der Waals surface area contributed by atoms with E-state index in [1.54, 1.807) is 66.0 Å². The standard InChI is InChI=1S/C53H83N3O14/c1-31-17-13-12-14-18-32(2)41(56(66)52(64)54(8)9)29-39-22-20-37(7)53(65,70-39)49(61)50(62)55-24-16-15-19-40(55)51(63)69-44(34(4)27-38-21-23-42(57)45(28-38)67-10)30-43(58)33(3)26-36(6)47(60)48(68-11)46(59)35(5)25-31/h12-14,17-18,26,31,33-35,37-42,44-45,47-48,57,60,65-66H,15-16,19-25,27-30H2,1-11H3/b14-12+,17-13+,32-18+,36-26+/t31-,33-,34-,35-,37-,38+,39+,40+,41+,42-,44+,45-,47-,48+,53-/m1/s1. The third-order valence-electron chi connectivity index (χ3n) is 15.1. The van der Waals surface area contributed by atoms with Crippen LogP contribution in [0, 0.1) is 35.5 Å². The summed E-state index contributed by atoms with van der Waals surface area (Å²) in [4.78, 5) is 86.6. The minimum absolute atomic E-state index is 0.0210. The molecule has 3 heterocycles. The first-order valence-corrected chi connectivity index (χ1v) is 25.3. The number of hydrogen-bond acceptors (Lipinski definition) is 14. The fraction of sp³-hybridized carbons (Fsp3) is 0.736. The van der Waals surface area contributed by atoms with E-state index in [1.165, 1.54) is 26.1 Å². The van der Waals surface area contributed by atoms with E-state index < -0.39 is 89.8 Å². The monoisotopic (exact) mass is 986 g/mol. The highest BCUT2D eigenvalue weighted by molar-refractivity contribution is 6.39. The zero-order valence-corrected chi connectivity index (χ0v) is 43.5. The Balaban J connectivity index is 1.75. The number of cyclic esters (lactones) is 1. The van der Waals surface area contributed by atoms with Crippen molar-refractivity contribution in [2.24, 2.45) is 35.5 Å². The van der Waals surface area contributed by atoms with Gasteiger partial charge in [0.2, 0.25) is 5.79 Å². The van der Waals surface area contributed by atoms with Crippen molar-refractivity contribution >= 4 is 35.3 Å². The molecule has 394 valence electrons. The Bertz CT molecular complexity index is 1950. The van der Waals surface area contributed by atoms with Crippen LogP contribution in [0.2, 0.25) is 0 Å². The van der Waals surface area contributed by atoms with Gasteiger partial charge in [-0.05, 0) is 107 Å². The van der Waals surface area contributed by atoms with Crippen LogP contribution in [-0.4, -0.2) is 160 Å². The quantitative estimate of drug-likeness (QED) is 0.0798. The van der Waals surface area contributed by atoms with Crippen LogP contribution < -0.4 is 0 Å². The van der Waals surface area contributed by atoms with Gasteiger partial charge < -0.3 is 44.1 Å². The van der Waals surface area contributed by atoms with E-state index in [-0.39, 0.29) is 67.7 Å². The molecule has 1 aliphatic carbocycles. The summed E-state index contributed by atoms with van der Waals surface area (Å²) in [5.41, 5.74) is 0.907. The number of piperidine rings is 1. The van der Waals surface area contributed by atoms with Crippen LogP contribution in [0.25, 0.3) is 0 Å². The smallest absolute Gasteiger partial charge is 0.343 e. The number of fused-ring (bicyclic) bond motifs is 3. The minimum atomic E-state index is -2.60. The number of carbonyl (C=O) groups is 6. The van der Waals surface area contributed by atoms with E-state index in [0.717, 1.165) is 4.90 Å². The van der Waals surface area contributed by atoms with E-state index in [4.69, 9.17) is 18.9 Å². The van der Waals surface area contributed by atoms with E-state index in [2.05, 4.69) is 0 Å². The number of hydroxylamine groups is 2. The number of allylic oxidation sites excluding steroid dienone is 6. The maximum absolute atomic E-state index is 14.4. The summed E-state index contributed by atoms with van der Waals surface area (Å²) in [6.45, 7) is 12.3. The van der Waals surface area contributed by atoms with E-state index in [0.29, 0.717) is 67.6 Å². The second-order valence-corrected chi connectivity index (χ2v) is 20.9. The molecule has 3 aliphatic heterocycles. The topological polar surface area (TPSA) is 230 Å². The highest BCUT2D eigenvalue weighted by Crippen LogP contribution is 2.38. The molecule has 4 rings (SSSR count). The predicted octanol–water partition coefficient (Wildman–Crippen LogP) is 5.91. The molecule has 17 heteroatoms. The molecule has 1 saturated carbocycles. The Morgan fingerprint density at radius 1 is 0.900 bits per heavy atom. The molecule has 0 aromatic carbocycles. The highest BCUT2D eigenvalue weighted by Gasteiger charge is 2.53. The lowest BCUT2D eigenvalue weighted by atomic mass is 9.78. The van der Waals surface area contributed by atoms with Crippen molar-refractivity contribution in [3.05, 3.63) is 47.6 Å². The number of esters is 1. The van der Waals surface area contributed by atoms with Gasteiger partial charge in [-0.2, -0.15) is 5.06 Å². The van der Waals surface area contributed by atoms with E-state index in [1.807, 2.05) is 26.0 Å². The van der Waals surface area contributed by atoms with Gasteiger partial charge in [-0.1, -0.05) is 71.1 Å². The number of ether oxygens (including phenoxy) is 4. The first kappa shape index (κ1) is 58.5. The van der Waals surface area contributed by atoms with Crippen molar-refractivity contribution in [1.29, 1.82) is 0 Å². The van der Waals surface area contributed by atoms with Gasteiger partial charge >= 0.3 is 12.0 Å². The average molecular weight is 986 g/mol. The van der Waals surface area contributed by atoms with Crippen molar-refractivity contribution in [1.82, 2.24) is 14.9 Å². The number of urea groups is 1. The normalized spacial score (nSPS) is 38.2. The Hall–Kier alpha value is -4.10. The lowest BCUT2D eigenvalue weighted by molar-refractivity contribution is -0.266. The van der Waals surface area contributed by atoms with Gasteiger partial charge in [0.15, 0.2) is 5.78 Å². The van der Waals surface area contributed by atoms with Crippen LogP contribution in [0.5, 0.6) is 0 Å². The van der Waals surface area contributed by atoms with Crippen LogP contribution >= 0.6 is 0 Å². The molecule has 0 aromatic heterocycles. The van der Waals surface area contributed by atoms with Crippen molar-refractivity contribution < 1.29 is 68.2 Å². The summed E-state index contributed by atoms with van der Waals surface area (Å²) in [6, 6.07) is -2.90. The number of nitrogens with zero attached hydrogens (tertiary/aromatic N) is 3. The number of ketones is 3. The second-order valence-electron chi connectivity index (χ2n) is 20.9. The van der Waals surface area contributed by atoms with Gasteiger partial charge in [-0.25, -0.2) is 9.59 Å². The van der Waals surface area contributed by atoms with Crippen molar-refractivity contribution in [2.45, 2.75) is 180 Å². The first-order valence-electron chi connectivity index (χ1n) is 25.3. The minimum Gasteiger partial charge on any atom is -0.460 e. The summed E-state index contributed by atoms with van der Waals surface area (Å²) < 4.78 is 23.5. The molecule has 0 unspecified atom stereocenters. The Kier molecular flexibility index (Phi) is 22.2. The maximum atomic E-state index is 14.4. The van der Waals surface area contributed by atoms with E-state index >= 15 is 0 Å². The summed E-state index contributed by atoms with van der Waals surface area (Å²) in [5.74, 6) is -8.84. The van der Waals surface area contributed by atoms with Gasteiger partial charge in [0.25, 0.3) is 11.7 Å². The van der Waals surface area contributed by atoms with Crippen LogP contribution in [-0.2, 0) is 42.9 Å². The Morgan fingerprint density at radius 2 is 1.60 bits per heavy atom. The van der Waals surface area contributed by atoms with Gasteiger partial charge in [0, 0.05) is 65.5 Å². The van der Waals surface area contributed by atoms with Crippen LogP contribution in [0.15, 0.2) is 47.6 Å². The predicted molar refractivity (Wildman–Crippen MR) is 261 cm³/mol. The molecule has 4 N–H and O–H groups in total. The molecular weight excluding hydrogens is 903 g/mol. The molecule has 15 atom stereocenters. The maximum Gasteiger partial charge on any atom is 0.343 e. The molecule has 4 aliphatic rings. The van der Waals surface area contributed by atoms with Crippen LogP contribution in [0.3, 0.4) is 0 Å². The number of methoxy groups -OCH3 is 2. The molecule has 0 radical (unpaired) electrons. The van der Waals surface area contributed by atoms with Gasteiger partial charge in [0.1, 0.15) is 30.1 Å². The highest BCUT2D eigenvalue weighted by atomic mass is 16.6. The first-order chi connectivity index (χ1) is 32.9. The van der Waals surface area contributed by atoms with Gasteiger partial charge in [0.05, 0.1) is 24.4 Å². The molecule has 17 nitrogen and oxygen atoms in total. The number of aliphatic hydroxyl groups excluding tert-OH is 2. The van der Waals surface area contributed by atoms with Crippen LogP contribution in [0.4, 0.5) is 4.79 Å². The second kappa shape index (κ2) is 26.6. The fourth-order valence-electron chi connectivity index (χ4n) is 10.5.